The van der Waals surface area contributed by atoms with Crippen molar-refractivity contribution < 1.29 is 5.11 Å². The van der Waals surface area contributed by atoms with Crippen molar-refractivity contribution >= 4 is 18.2 Å². The fourth-order valence-electron chi connectivity index (χ4n) is 7.79. The molecule has 0 amide bonds. The zero-order valence-corrected chi connectivity index (χ0v) is 25.3. The number of piperidine rings is 2. The third-order valence-corrected chi connectivity index (χ3v) is 10.4. The van der Waals surface area contributed by atoms with Gasteiger partial charge in [-0.2, -0.15) is 0 Å². The quantitative estimate of drug-likeness (QED) is 0.458. The standard InChI is InChI=1S/C32H47BN8O/c1-38(19-20-41-18-13-35-32-30(41)21-29(36-37-32)28-6-2-3-7-31(28)42)26-10-16-40(17-11-26)27-8-14-39(15-9-27)23-25-5-4-12-33(22-25)24-34/h2-3,6-7,21,25-27,42H,4-5,8-20,22-23H2,1H3,(H,35,37). The van der Waals surface area contributed by atoms with E-state index in [4.69, 9.17) is 0 Å². The van der Waals surface area contributed by atoms with E-state index in [9.17, 15) is 10.4 Å². The highest BCUT2D eigenvalue weighted by atomic mass is 16.3. The van der Waals surface area contributed by atoms with E-state index in [1.165, 1.54) is 71.2 Å². The SMILES string of the molecule is CN(CCN1CCNc2nnc(-c3ccccc3O)cc21)C1CCN(C2CCN(CC3CCCB(C#N)C3)CC2)CC1. The third-order valence-electron chi connectivity index (χ3n) is 10.4. The predicted molar refractivity (Wildman–Crippen MR) is 170 cm³/mol. The molecule has 5 heterocycles. The maximum atomic E-state index is 10.3. The highest BCUT2D eigenvalue weighted by molar-refractivity contribution is 6.67. The predicted octanol–water partition coefficient (Wildman–Crippen LogP) is 3.91. The lowest BCUT2D eigenvalue weighted by atomic mass is 9.41. The number of anilines is 2. The average molecular weight is 571 g/mol. The summed E-state index contributed by atoms with van der Waals surface area (Å²) in [5.74, 6) is 4.31. The van der Waals surface area contributed by atoms with Gasteiger partial charge in [0, 0.05) is 56.3 Å². The van der Waals surface area contributed by atoms with Gasteiger partial charge in [-0.25, -0.2) is 5.26 Å². The molecule has 4 aliphatic heterocycles. The molecule has 42 heavy (non-hydrogen) atoms. The first kappa shape index (κ1) is 29.2. The Kier molecular flexibility index (Phi) is 9.48. The summed E-state index contributed by atoms with van der Waals surface area (Å²) >= 11 is 0. The summed E-state index contributed by atoms with van der Waals surface area (Å²) < 4.78 is 0. The largest absolute Gasteiger partial charge is 0.507 e. The van der Waals surface area contributed by atoms with Crippen molar-refractivity contribution in [2.24, 2.45) is 5.92 Å². The third kappa shape index (κ3) is 6.85. The molecule has 10 heteroatoms. The van der Waals surface area contributed by atoms with Gasteiger partial charge in [-0.3, -0.25) is 0 Å². The zero-order chi connectivity index (χ0) is 28.9. The van der Waals surface area contributed by atoms with E-state index in [1.807, 2.05) is 18.2 Å². The number of para-hydroxylation sites is 1. The molecule has 0 radical (unpaired) electrons. The van der Waals surface area contributed by atoms with Crippen molar-refractivity contribution in [3.8, 4) is 23.0 Å². The van der Waals surface area contributed by atoms with Crippen molar-refractivity contribution in [3.05, 3.63) is 30.3 Å². The van der Waals surface area contributed by atoms with Gasteiger partial charge < -0.3 is 30.0 Å². The van der Waals surface area contributed by atoms with E-state index in [1.54, 1.807) is 6.07 Å². The van der Waals surface area contributed by atoms with Crippen LogP contribution in [0.2, 0.25) is 12.6 Å². The first-order valence-corrected chi connectivity index (χ1v) is 16.3. The summed E-state index contributed by atoms with van der Waals surface area (Å²) in [7, 11) is 2.29. The highest BCUT2D eigenvalue weighted by Crippen LogP contribution is 2.34. The molecule has 3 saturated heterocycles. The lowest BCUT2D eigenvalue weighted by Gasteiger charge is -2.44. The van der Waals surface area contributed by atoms with Gasteiger partial charge in [0.25, 0.3) is 6.71 Å². The first-order chi connectivity index (χ1) is 20.6. The van der Waals surface area contributed by atoms with E-state index < -0.39 is 0 Å². The summed E-state index contributed by atoms with van der Waals surface area (Å²) in [6.07, 6.45) is 9.86. The second-order valence-corrected chi connectivity index (χ2v) is 13.0. The molecule has 0 aliphatic carbocycles. The van der Waals surface area contributed by atoms with Crippen LogP contribution in [0.25, 0.3) is 11.3 Å². The Balaban J connectivity index is 0.951. The molecule has 2 aromatic rings. The number of fused-ring (bicyclic) bond motifs is 1. The molecule has 1 aromatic carbocycles. The molecule has 3 fully saturated rings. The Morgan fingerprint density at radius 1 is 1.07 bits per heavy atom. The van der Waals surface area contributed by atoms with Gasteiger partial charge in [0.2, 0.25) is 0 Å². The Hall–Kier alpha value is -2.87. The number of nitrogens with zero attached hydrogens (tertiary/aromatic N) is 7. The van der Waals surface area contributed by atoms with Crippen LogP contribution in [-0.2, 0) is 0 Å². The highest BCUT2D eigenvalue weighted by Gasteiger charge is 2.32. The minimum Gasteiger partial charge on any atom is -0.507 e. The number of aromatic nitrogens is 2. The number of benzene rings is 1. The number of hydrogen-bond donors (Lipinski definition) is 2. The molecule has 1 aromatic heterocycles. The number of likely N-dealkylation sites (N-methyl/N-ethyl adjacent to an activating group) is 1. The molecule has 6 rings (SSSR count). The Morgan fingerprint density at radius 2 is 1.88 bits per heavy atom. The van der Waals surface area contributed by atoms with E-state index in [2.05, 4.69) is 54.2 Å². The van der Waals surface area contributed by atoms with Crippen molar-refractivity contribution in [2.45, 2.75) is 63.2 Å². The second kappa shape index (κ2) is 13.6. The van der Waals surface area contributed by atoms with Crippen LogP contribution in [0.3, 0.4) is 0 Å². The summed E-state index contributed by atoms with van der Waals surface area (Å²) in [5.41, 5.74) is 2.48. The van der Waals surface area contributed by atoms with E-state index in [0.29, 0.717) is 24.0 Å². The number of likely N-dealkylation sites (tertiary alicyclic amines) is 2. The molecule has 9 nitrogen and oxygen atoms in total. The van der Waals surface area contributed by atoms with Crippen molar-refractivity contribution in [1.29, 1.82) is 5.26 Å². The van der Waals surface area contributed by atoms with Gasteiger partial charge in [0.15, 0.2) is 5.82 Å². The number of nitriles is 1. The Morgan fingerprint density at radius 3 is 2.67 bits per heavy atom. The molecular formula is C32H47BN8O. The summed E-state index contributed by atoms with van der Waals surface area (Å²) in [4.78, 5) is 10.4. The fourth-order valence-corrected chi connectivity index (χ4v) is 7.79. The molecule has 4 aliphatic rings. The van der Waals surface area contributed by atoms with Gasteiger partial charge in [0.05, 0.1) is 11.4 Å². The van der Waals surface area contributed by atoms with Crippen LogP contribution in [0, 0.1) is 17.1 Å². The smallest absolute Gasteiger partial charge is 0.268 e. The van der Waals surface area contributed by atoms with E-state index in [-0.39, 0.29) is 5.75 Å². The fraction of sp³-hybridized carbons (Fsp3) is 0.656. The second-order valence-electron chi connectivity index (χ2n) is 13.0. The van der Waals surface area contributed by atoms with Crippen LogP contribution in [0.1, 0.15) is 38.5 Å². The lowest BCUT2D eigenvalue weighted by molar-refractivity contribution is 0.0587. The topological polar surface area (TPSA) is 94.8 Å². The molecule has 0 saturated carbocycles. The summed E-state index contributed by atoms with van der Waals surface area (Å²) in [6.45, 7) is 10.1. The maximum absolute atomic E-state index is 10.3. The van der Waals surface area contributed by atoms with Crippen LogP contribution in [-0.4, -0.2) is 115 Å². The number of nitrogens with one attached hydrogen (secondary N) is 1. The van der Waals surface area contributed by atoms with Crippen molar-refractivity contribution in [1.82, 2.24) is 24.9 Å². The summed E-state index contributed by atoms with van der Waals surface area (Å²) in [5, 5.41) is 31.9. The van der Waals surface area contributed by atoms with Crippen molar-refractivity contribution in [2.75, 3.05) is 76.2 Å². The van der Waals surface area contributed by atoms with Gasteiger partial charge in [0.1, 0.15) is 5.75 Å². The summed E-state index contributed by atoms with van der Waals surface area (Å²) in [6, 6.07) is 10.8. The van der Waals surface area contributed by atoms with E-state index >= 15 is 0 Å². The van der Waals surface area contributed by atoms with Gasteiger partial charge >= 0.3 is 0 Å². The lowest BCUT2D eigenvalue weighted by Crippen LogP contribution is -2.51. The molecule has 1 atom stereocenters. The number of hydrogen-bond acceptors (Lipinski definition) is 9. The average Bonchev–Trinajstić information content (AvgIpc) is 3.04. The number of aromatic hydroxyl groups is 1. The van der Waals surface area contributed by atoms with Gasteiger partial charge in [-0.1, -0.05) is 37.6 Å². The number of phenolic OH excluding ortho intramolecular Hbond substituents is 1. The molecule has 2 N–H and O–H groups in total. The van der Waals surface area contributed by atoms with Crippen LogP contribution < -0.4 is 10.2 Å². The monoisotopic (exact) mass is 570 g/mol. The molecule has 0 spiro atoms. The van der Waals surface area contributed by atoms with Crippen LogP contribution >= 0.6 is 0 Å². The van der Waals surface area contributed by atoms with Crippen molar-refractivity contribution in [3.63, 3.8) is 0 Å². The molecular weight excluding hydrogens is 523 g/mol. The van der Waals surface area contributed by atoms with Crippen LogP contribution in [0.4, 0.5) is 11.5 Å². The zero-order valence-electron chi connectivity index (χ0n) is 25.3. The number of phenols is 1. The van der Waals surface area contributed by atoms with E-state index in [0.717, 1.165) is 62.3 Å². The van der Waals surface area contributed by atoms with Crippen LogP contribution in [0.5, 0.6) is 5.75 Å². The molecule has 1 unspecified atom stereocenters. The maximum Gasteiger partial charge on any atom is 0.268 e. The minimum absolute atomic E-state index is 0.229. The van der Waals surface area contributed by atoms with Gasteiger partial charge in [-0.15, -0.1) is 10.2 Å². The first-order valence-electron chi connectivity index (χ1n) is 16.3. The normalized spacial score (nSPS) is 23.0. The Labute approximate surface area is 252 Å². The minimum atomic E-state index is 0.229. The van der Waals surface area contributed by atoms with Crippen LogP contribution in [0.15, 0.2) is 30.3 Å². The molecule has 224 valence electrons. The Bertz CT molecular complexity index is 1220. The number of rotatable bonds is 8. The molecule has 0 bridgehead atoms. The van der Waals surface area contributed by atoms with Gasteiger partial charge in [-0.05, 0) is 83.0 Å².